The van der Waals surface area contributed by atoms with Gasteiger partial charge in [0.1, 0.15) is 0 Å². The summed E-state index contributed by atoms with van der Waals surface area (Å²) < 4.78 is 23.5. The van der Waals surface area contributed by atoms with E-state index in [9.17, 15) is 8.42 Å². The molecule has 0 bridgehead atoms. The highest BCUT2D eigenvalue weighted by atomic mass is 32.2. The van der Waals surface area contributed by atoms with Crippen molar-refractivity contribution >= 4 is 9.84 Å². The SMILES string of the molecule is CC(C)S(=O)(=O)CCC1NCc2ccccc21. The first-order chi connectivity index (χ1) is 8.00. The summed E-state index contributed by atoms with van der Waals surface area (Å²) in [6, 6.07) is 8.41. The highest BCUT2D eigenvalue weighted by Crippen LogP contribution is 2.27. The Bertz CT molecular complexity index is 494. The quantitative estimate of drug-likeness (QED) is 0.893. The Morgan fingerprint density at radius 1 is 1.35 bits per heavy atom. The van der Waals surface area contributed by atoms with Gasteiger partial charge in [-0.2, -0.15) is 0 Å². The summed E-state index contributed by atoms with van der Waals surface area (Å²) in [5.41, 5.74) is 2.55. The maximum absolute atomic E-state index is 11.8. The molecular formula is C13H19NO2S. The second kappa shape index (κ2) is 4.78. The molecule has 0 aromatic heterocycles. The average Bonchev–Trinajstić information content (AvgIpc) is 2.69. The third kappa shape index (κ3) is 2.69. The van der Waals surface area contributed by atoms with Crippen LogP contribution in [0.5, 0.6) is 0 Å². The van der Waals surface area contributed by atoms with E-state index < -0.39 is 9.84 Å². The smallest absolute Gasteiger partial charge is 0.152 e. The van der Waals surface area contributed by atoms with Crippen LogP contribution in [-0.2, 0) is 16.4 Å². The van der Waals surface area contributed by atoms with E-state index in [0.717, 1.165) is 6.54 Å². The Morgan fingerprint density at radius 2 is 2.06 bits per heavy atom. The third-order valence-corrected chi connectivity index (χ3v) is 5.62. The van der Waals surface area contributed by atoms with Crippen LogP contribution in [-0.4, -0.2) is 19.4 Å². The van der Waals surface area contributed by atoms with Crippen molar-refractivity contribution in [3.63, 3.8) is 0 Å². The Balaban J connectivity index is 2.04. The van der Waals surface area contributed by atoms with Crippen molar-refractivity contribution < 1.29 is 8.42 Å². The van der Waals surface area contributed by atoms with Crippen LogP contribution in [0, 0.1) is 0 Å². The second-order valence-corrected chi connectivity index (χ2v) is 7.51. The number of benzene rings is 1. The first kappa shape index (κ1) is 12.6. The van der Waals surface area contributed by atoms with E-state index in [-0.39, 0.29) is 17.0 Å². The molecule has 1 aromatic carbocycles. The zero-order chi connectivity index (χ0) is 12.5. The van der Waals surface area contributed by atoms with Gasteiger partial charge in [-0.3, -0.25) is 0 Å². The molecular weight excluding hydrogens is 234 g/mol. The van der Waals surface area contributed by atoms with Crippen molar-refractivity contribution in [3.05, 3.63) is 35.4 Å². The summed E-state index contributed by atoms with van der Waals surface area (Å²) in [4.78, 5) is 0. The van der Waals surface area contributed by atoms with Crippen molar-refractivity contribution in [2.24, 2.45) is 0 Å². The predicted octanol–water partition coefficient (Wildman–Crippen LogP) is 2.04. The van der Waals surface area contributed by atoms with E-state index in [1.165, 1.54) is 11.1 Å². The summed E-state index contributed by atoms with van der Waals surface area (Å²) in [5.74, 6) is 0.261. The van der Waals surface area contributed by atoms with E-state index in [4.69, 9.17) is 0 Å². The van der Waals surface area contributed by atoms with Crippen LogP contribution in [0.2, 0.25) is 0 Å². The van der Waals surface area contributed by atoms with Gasteiger partial charge in [-0.1, -0.05) is 24.3 Å². The second-order valence-electron chi connectivity index (χ2n) is 4.84. The lowest BCUT2D eigenvalue weighted by Crippen LogP contribution is -2.22. The highest BCUT2D eigenvalue weighted by Gasteiger charge is 2.24. The molecule has 3 nitrogen and oxygen atoms in total. The molecule has 1 N–H and O–H groups in total. The molecule has 0 fully saturated rings. The lowest BCUT2D eigenvalue weighted by atomic mass is 10.0. The van der Waals surface area contributed by atoms with Gasteiger partial charge in [0.15, 0.2) is 9.84 Å². The van der Waals surface area contributed by atoms with Crippen LogP contribution in [0.25, 0.3) is 0 Å². The van der Waals surface area contributed by atoms with Gasteiger partial charge in [0.05, 0.1) is 11.0 Å². The van der Waals surface area contributed by atoms with Gasteiger partial charge in [0.2, 0.25) is 0 Å². The maximum atomic E-state index is 11.8. The highest BCUT2D eigenvalue weighted by molar-refractivity contribution is 7.91. The molecule has 0 radical (unpaired) electrons. The standard InChI is InChI=1S/C13H19NO2S/c1-10(2)17(15,16)8-7-13-12-6-4-3-5-11(12)9-14-13/h3-6,10,13-14H,7-9H2,1-2H3. The summed E-state index contributed by atoms with van der Waals surface area (Å²) in [6.45, 7) is 4.33. The van der Waals surface area contributed by atoms with Gasteiger partial charge in [0, 0.05) is 12.6 Å². The number of nitrogens with one attached hydrogen (secondary N) is 1. The van der Waals surface area contributed by atoms with Crippen LogP contribution in [0.3, 0.4) is 0 Å². The minimum absolute atomic E-state index is 0.194. The Labute approximate surface area is 103 Å². The van der Waals surface area contributed by atoms with Crippen LogP contribution in [0.4, 0.5) is 0 Å². The van der Waals surface area contributed by atoms with E-state index >= 15 is 0 Å². The van der Waals surface area contributed by atoms with E-state index in [1.54, 1.807) is 13.8 Å². The monoisotopic (exact) mass is 253 g/mol. The van der Waals surface area contributed by atoms with E-state index in [2.05, 4.69) is 17.4 Å². The normalized spacial score (nSPS) is 19.6. The fourth-order valence-corrected chi connectivity index (χ4v) is 3.19. The van der Waals surface area contributed by atoms with Crippen LogP contribution >= 0.6 is 0 Å². The lowest BCUT2D eigenvalue weighted by molar-refractivity contribution is 0.547. The number of hydrogen-bond acceptors (Lipinski definition) is 3. The summed E-state index contributed by atoms with van der Waals surface area (Å²) in [6.07, 6.45) is 0.664. The molecule has 94 valence electrons. The lowest BCUT2D eigenvalue weighted by Gasteiger charge is -2.13. The molecule has 1 unspecified atom stereocenters. The zero-order valence-electron chi connectivity index (χ0n) is 10.3. The molecule has 0 aliphatic carbocycles. The van der Waals surface area contributed by atoms with E-state index in [0.29, 0.717) is 6.42 Å². The van der Waals surface area contributed by atoms with Crippen molar-refractivity contribution in [2.45, 2.75) is 38.1 Å². The van der Waals surface area contributed by atoms with E-state index in [1.807, 2.05) is 12.1 Å². The average molecular weight is 253 g/mol. The molecule has 0 saturated carbocycles. The van der Waals surface area contributed by atoms with Gasteiger partial charge in [-0.05, 0) is 31.4 Å². The topological polar surface area (TPSA) is 46.2 Å². The minimum Gasteiger partial charge on any atom is -0.306 e. The molecule has 1 aromatic rings. The molecule has 1 aliphatic rings. The Hall–Kier alpha value is -0.870. The fraction of sp³-hybridized carbons (Fsp3) is 0.538. The van der Waals surface area contributed by atoms with Gasteiger partial charge in [-0.15, -0.1) is 0 Å². The molecule has 17 heavy (non-hydrogen) atoms. The van der Waals surface area contributed by atoms with Gasteiger partial charge in [-0.25, -0.2) is 8.42 Å². The van der Waals surface area contributed by atoms with Gasteiger partial charge in [0.25, 0.3) is 0 Å². The molecule has 2 rings (SSSR count). The Kier molecular flexibility index (Phi) is 3.54. The molecule has 1 heterocycles. The molecule has 1 aliphatic heterocycles. The number of rotatable bonds is 4. The van der Waals surface area contributed by atoms with Crippen molar-refractivity contribution in [1.29, 1.82) is 0 Å². The number of sulfone groups is 1. The molecule has 0 saturated heterocycles. The van der Waals surface area contributed by atoms with Crippen molar-refractivity contribution in [1.82, 2.24) is 5.32 Å². The molecule has 1 atom stereocenters. The number of fused-ring (bicyclic) bond motifs is 1. The van der Waals surface area contributed by atoms with Crippen LogP contribution < -0.4 is 5.32 Å². The first-order valence-corrected chi connectivity index (χ1v) is 7.75. The van der Waals surface area contributed by atoms with Gasteiger partial charge < -0.3 is 5.32 Å². The van der Waals surface area contributed by atoms with Crippen molar-refractivity contribution in [3.8, 4) is 0 Å². The molecule has 4 heteroatoms. The predicted molar refractivity (Wildman–Crippen MR) is 69.6 cm³/mol. The van der Waals surface area contributed by atoms with Crippen LogP contribution in [0.1, 0.15) is 37.4 Å². The first-order valence-electron chi connectivity index (χ1n) is 6.03. The van der Waals surface area contributed by atoms with Crippen molar-refractivity contribution in [2.75, 3.05) is 5.75 Å². The number of hydrogen-bond donors (Lipinski definition) is 1. The fourth-order valence-electron chi connectivity index (χ4n) is 2.15. The summed E-state index contributed by atoms with van der Waals surface area (Å²) in [7, 11) is -2.93. The van der Waals surface area contributed by atoms with Gasteiger partial charge >= 0.3 is 0 Å². The largest absolute Gasteiger partial charge is 0.306 e. The third-order valence-electron chi connectivity index (χ3n) is 3.38. The zero-order valence-corrected chi connectivity index (χ0v) is 11.1. The van der Waals surface area contributed by atoms with Crippen LogP contribution in [0.15, 0.2) is 24.3 Å². The minimum atomic E-state index is -2.93. The summed E-state index contributed by atoms with van der Waals surface area (Å²) >= 11 is 0. The Morgan fingerprint density at radius 3 is 2.76 bits per heavy atom. The molecule has 0 amide bonds. The summed E-state index contributed by atoms with van der Waals surface area (Å²) in [5, 5.41) is 3.09. The molecule has 0 spiro atoms. The maximum Gasteiger partial charge on any atom is 0.152 e.